The monoisotopic (exact) mass is 293 g/mol. The Kier molecular flexibility index (Phi) is 3.35. The molecule has 1 atom stereocenters. The van der Waals surface area contributed by atoms with E-state index >= 15 is 0 Å². The molecule has 0 aliphatic carbocycles. The number of benzene rings is 2. The van der Waals surface area contributed by atoms with Crippen LogP contribution in [0.1, 0.15) is 11.1 Å². The fraction of sp³-hybridized carbons (Fsp3) is 0.263. The summed E-state index contributed by atoms with van der Waals surface area (Å²) in [7, 11) is 0. The Hall–Kier alpha value is -2.26. The van der Waals surface area contributed by atoms with Crippen molar-refractivity contribution in [2.45, 2.75) is 12.0 Å². The quantitative estimate of drug-likeness (QED) is 0.882. The second kappa shape index (κ2) is 5.50. The summed E-state index contributed by atoms with van der Waals surface area (Å²) >= 11 is 0. The zero-order valence-corrected chi connectivity index (χ0v) is 12.4. The van der Waals surface area contributed by atoms with E-state index in [0.717, 1.165) is 24.6 Å². The summed E-state index contributed by atoms with van der Waals surface area (Å²) < 4.78 is 11.8. The average molecular weight is 293 g/mol. The number of hydrogen-bond donors (Lipinski definition) is 1. The zero-order chi connectivity index (χ0) is 14.8. The van der Waals surface area contributed by atoms with E-state index in [1.54, 1.807) is 0 Å². The van der Waals surface area contributed by atoms with E-state index in [-0.39, 0.29) is 5.41 Å². The Balaban J connectivity index is 1.53. The van der Waals surface area contributed by atoms with Gasteiger partial charge in [0.05, 0.1) is 5.41 Å². The van der Waals surface area contributed by atoms with E-state index in [1.807, 2.05) is 30.3 Å². The Morgan fingerprint density at radius 1 is 1.14 bits per heavy atom. The van der Waals surface area contributed by atoms with Gasteiger partial charge in [0.1, 0.15) is 24.7 Å². The standard InChI is InChI=1S/C19H19NO2/c1-2-5-15(6-3-1)12-21-16-7-8-17-18(11-16)22-14-19(17)9-4-10-20-13-19/h1-9,11,20H,10,12-14H2. The van der Waals surface area contributed by atoms with E-state index in [2.05, 4.69) is 35.7 Å². The lowest BCUT2D eigenvalue weighted by Crippen LogP contribution is -2.41. The molecule has 1 N–H and O–H groups in total. The van der Waals surface area contributed by atoms with Crippen molar-refractivity contribution in [2.75, 3.05) is 19.7 Å². The summed E-state index contributed by atoms with van der Waals surface area (Å²) in [6, 6.07) is 16.4. The highest BCUT2D eigenvalue weighted by atomic mass is 16.5. The molecule has 0 amide bonds. The third-order valence-electron chi connectivity index (χ3n) is 4.36. The Morgan fingerprint density at radius 3 is 2.86 bits per heavy atom. The van der Waals surface area contributed by atoms with Crippen LogP contribution in [0.2, 0.25) is 0 Å². The lowest BCUT2D eigenvalue weighted by Gasteiger charge is -2.27. The van der Waals surface area contributed by atoms with Crippen molar-refractivity contribution in [2.24, 2.45) is 0 Å². The maximum absolute atomic E-state index is 5.91. The summed E-state index contributed by atoms with van der Waals surface area (Å²) in [6.07, 6.45) is 4.46. The highest BCUT2D eigenvalue weighted by Crippen LogP contribution is 2.42. The molecule has 1 spiro atoms. The Morgan fingerprint density at radius 2 is 2.05 bits per heavy atom. The van der Waals surface area contributed by atoms with Gasteiger partial charge in [0.15, 0.2) is 0 Å². The van der Waals surface area contributed by atoms with Crippen LogP contribution in [-0.4, -0.2) is 19.7 Å². The Bertz CT molecular complexity index is 696. The molecule has 2 aromatic rings. The number of rotatable bonds is 3. The topological polar surface area (TPSA) is 30.5 Å². The second-order valence-electron chi connectivity index (χ2n) is 5.91. The van der Waals surface area contributed by atoms with Gasteiger partial charge in [-0.05, 0) is 11.6 Å². The normalized spacial score (nSPS) is 22.4. The van der Waals surface area contributed by atoms with Crippen molar-refractivity contribution in [3.8, 4) is 11.5 Å². The molecule has 0 saturated carbocycles. The predicted octanol–water partition coefficient (Wildman–Crippen LogP) is 3.06. The highest BCUT2D eigenvalue weighted by molar-refractivity contribution is 5.51. The first kappa shape index (κ1) is 13.4. The molecule has 2 aliphatic rings. The number of fused-ring (bicyclic) bond motifs is 2. The van der Waals surface area contributed by atoms with Crippen molar-refractivity contribution in [1.82, 2.24) is 5.32 Å². The van der Waals surface area contributed by atoms with E-state index in [1.165, 1.54) is 11.1 Å². The van der Waals surface area contributed by atoms with Crippen LogP contribution in [-0.2, 0) is 12.0 Å². The van der Waals surface area contributed by atoms with Gasteiger partial charge in [-0.3, -0.25) is 0 Å². The van der Waals surface area contributed by atoms with Crippen molar-refractivity contribution in [1.29, 1.82) is 0 Å². The number of nitrogens with one attached hydrogen (secondary N) is 1. The van der Waals surface area contributed by atoms with Gasteiger partial charge in [-0.25, -0.2) is 0 Å². The van der Waals surface area contributed by atoms with Gasteiger partial charge in [-0.15, -0.1) is 0 Å². The van der Waals surface area contributed by atoms with Crippen LogP contribution < -0.4 is 14.8 Å². The summed E-state index contributed by atoms with van der Waals surface area (Å²) in [5.41, 5.74) is 2.41. The minimum atomic E-state index is -0.00839. The van der Waals surface area contributed by atoms with Crippen LogP contribution in [0.15, 0.2) is 60.7 Å². The van der Waals surface area contributed by atoms with Crippen LogP contribution >= 0.6 is 0 Å². The van der Waals surface area contributed by atoms with Crippen LogP contribution in [0.25, 0.3) is 0 Å². The lowest BCUT2D eigenvalue weighted by molar-refractivity contribution is 0.283. The van der Waals surface area contributed by atoms with Crippen molar-refractivity contribution < 1.29 is 9.47 Å². The average Bonchev–Trinajstić information content (AvgIpc) is 2.92. The molecule has 2 heterocycles. The molecule has 3 heteroatoms. The summed E-state index contributed by atoms with van der Waals surface area (Å²) in [5, 5.41) is 3.42. The smallest absolute Gasteiger partial charge is 0.127 e. The molecule has 0 fully saturated rings. The molecular weight excluding hydrogens is 274 g/mol. The molecular formula is C19H19NO2. The third-order valence-corrected chi connectivity index (χ3v) is 4.36. The molecule has 4 rings (SSSR count). The van der Waals surface area contributed by atoms with Gasteiger partial charge in [-0.2, -0.15) is 0 Å². The minimum absolute atomic E-state index is 0.00839. The summed E-state index contributed by atoms with van der Waals surface area (Å²) in [4.78, 5) is 0. The van der Waals surface area contributed by atoms with Gasteiger partial charge in [-0.1, -0.05) is 48.6 Å². The largest absolute Gasteiger partial charge is 0.492 e. The lowest BCUT2D eigenvalue weighted by atomic mass is 9.80. The SMILES string of the molecule is C1=CC2(CNC1)COc1cc(OCc3ccccc3)ccc12. The van der Waals surface area contributed by atoms with Crippen molar-refractivity contribution >= 4 is 0 Å². The van der Waals surface area contributed by atoms with Gasteiger partial charge in [0.25, 0.3) is 0 Å². The van der Waals surface area contributed by atoms with E-state index in [9.17, 15) is 0 Å². The first-order valence-electron chi connectivity index (χ1n) is 7.68. The van der Waals surface area contributed by atoms with E-state index < -0.39 is 0 Å². The molecule has 112 valence electrons. The molecule has 0 saturated heterocycles. The van der Waals surface area contributed by atoms with Crippen molar-refractivity contribution in [3.63, 3.8) is 0 Å². The highest BCUT2D eigenvalue weighted by Gasteiger charge is 2.39. The molecule has 0 bridgehead atoms. The number of ether oxygens (including phenoxy) is 2. The molecule has 3 nitrogen and oxygen atoms in total. The molecule has 22 heavy (non-hydrogen) atoms. The van der Waals surface area contributed by atoms with Gasteiger partial charge in [0, 0.05) is 24.7 Å². The van der Waals surface area contributed by atoms with E-state index in [4.69, 9.17) is 9.47 Å². The maximum Gasteiger partial charge on any atom is 0.127 e. The molecule has 0 aromatic heterocycles. The molecule has 2 aliphatic heterocycles. The zero-order valence-electron chi connectivity index (χ0n) is 12.4. The van der Waals surface area contributed by atoms with Crippen LogP contribution in [0.3, 0.4) is 0 Å². The predicted molar refractivity (Wildman–Crippen MR) is 86.4 cm³/mol. The summed E-state index contributed by atoms with van der Waals surface area (Å²) in [5.74, 6) is 1.80. The maximum atomic E-state index is 5.91. The Labute approximate surface area is 130 Å². The van der Waals surface area contributed by atoms with Crippen molar-refractivity contribution in [3.05, 3.63) is 71.8 Å². The third kappa shape index (κ3) is 2.38. The summed E-state index contributed by atoms with van der Waals surface area (Å²) in [6.45, 7) is 3.15. The van der Waals surface area contributed by atoms with Crippen LogP contribution in [0.4, 0.5) is 0 Å². The van der Waals surface area contributed by atoms with Gasteiger partial charge >= 0.3 is 0 Å². The molecule has 2 aromatic carbocycles. The number of hydrogen-bond acceptors (Lipinski definition) is 3. The van der Waals surface area contributed by atoms with E-state index in [0.29, 0.717) is 13.2 Å². The minimum Gasteiger partial charge on any atom is -0.492 e. The first-order valence-corrected chi connectivity index (χ1v) is 7.68. The van der Waals surface area contributed by atoms with Crippen LogP contribution in [0, 0.1) is 0 Å². The van der Waals surface area contributed by atoms with Gasteiger partial charge in [0.2, 0.25) is 0 Å². The second-order valence-corrected chi connectivity index (χ2v) is 5.91. The molecule has 1 unspecified atom stereocenters. The molecule has 0 radical (unpaired) electrons. The fourth-order valence-electron chi connectivity index (χ4n) is 3.15. The fourth-order valence-corrected chi connectivity index (χ4v) is 3.15. The van der Waals surface area contributed by atoms with Crippen LogP contribution in [0.5, 0.6) is 11.5 Å². The van der Waals surface area contributed by atoms with Gasteiger partial charge < -0.3 is 14.8 Å². The first-order chi connectivity index (χ1) is 10.9.